The molecule has 1 saturated carbocycles. The Morgan fingerprint density at radius 2 is 2.05 bits per heavy atom. The average Bonchev–Trinajstić information content (AvgIpc) is 2.70. The Morgan fingerprint density at radius 3 is 2.64 bits per heavy atom. The molecular formula is C16H22N2O3S. The smallest absolute Gasteiger partial charge is 0.321 e. The summed E-state index contributed by atoms with van der Waals surface area (Å²) in [4.78, 5) is 15.1. The number of nitrogens with one attached hydrogen (secondary N) is 1. The lowest BCUT2D eigenvalue weighted by Gasteiger charge is -2.42. The molecule has 1 spiro atoms. The van der Waals surface area contributed by atoms with Crippen LogP contribution in [0.25, 0.3) is 0 Å². The SMILES string of the molecule is C[S@](=O)c1ccc(NC(=O)N2CCOCC3(CCC3)C2)cc1. The van der Waals surface area contributed by atoms with Crippen molar-refractivity contribution in [3.05, 3.63) is 24.3 Å². The van der Waals surface area contributed by atoms with E-state index in [1.807, 2.05) is 4.90 Å². The van der Waals surface area contributed by atoms with Crippen molar-refractivity contribution in [1.82, 2.24) is 4.90 Å². The van der Waals surface area contributed by atoms with Gasteiger partial charge in [-0.2, -0.15) is 0 Å². The highest BCUT2D eigenvalue weighted by Crippen LogP contribution is 2.42. The molecule has 120 valence electrons. The predicted molar refractivity (Wildman–Crippen MR) is 86.5 cm³/mol. The first-order valence-electron chi connectivity index (χ1n) is 7.65. The van der Waals surface area contributed by atoms with Gasteiger partial charge in [-0.1, -0.05) is 6.42 Å². The van der Waals surface area contributed by atoms with Crippen molar-refractivity contribution >= 4 is 22.5 Å². The van der Waals surface area contributed by atoms with Crippen LogP contribution >= 0.6 is 0 Å². The van der Waals surface area contributed by atoms with Gasteiger partial charge < -0.3 is 15.0 Å². The number of urea groups is 1. The Balaban J connectivity index is 1.64. The Hall–Kier alpha value is -1.40. The number of nitrogens with zero attached hydrogens (tertiary/aromatic N) is 1. The molecule has 0 aromatic heterocycles. The topological polar surface area (TPSA) is 58.6 Å². The molecule has 2 fully saturated rings. The van der Waals surface area contributed by atoms with E-state index in [1.165, 1.54) is 6.42 Å². The highest BCUT2D eigenvalue weighted by Gasteiger charge is 2.41. The van der Waals surface area contributed by atoms with Crippen LogP contribution in [0.15, 0.2) is 29.2 Å². The second-order valence-corrected chi connectivity index (χ2v) is 7.62. The molecular weight excluding hydrogens is 300 g/mol. The molecule has 2 aliphatic rings. The molecule has 0 radical (unpaired) electrons. The van der Waals surface area contributed by atoms with E-state index in [9.17, 15) is 9.00 Å². The fourth-order valence-electron chi connectivity index (χ4n) is 3.08. The van der Waals surface area contributed by atoms with E-state index in [4.69, 9.17) is 4.74 Å². The van der Waals surface area contributed by atoms with Crippen LogP contribution in [0.5, 0.6) is 0 Å². The molecule has 1 atom stereocenters. The zero-order valence-corrected chi connectivity index (χ0v) is 13.7. The first-order chi connectivity index (χ1) is 10.6. The van der Waals surface area contributed by atoms with Crippen LogP contribution < -0.4 is 5.32 Å². The largest absolute Gasteiger partial charge is 0.379 e. The maximum Gasteiger partial charge on any atom is 0.321 e. The number of hydrogen-bond acceptors (Lipinski definition) is 3. The van der Waals surface area contributed by atoms with Gasteiger partial charge in [0.25, 0.3) is 0 Å². The van der Waals surface area contributed by atoms with Crippen molar-refractivity contribution in [2.24, 2.45) is 5.41 Å². The summed E-state index contributed by atoms with van der Waals surface area (Å²) < 4.78 is 17.0. The molecule has 1 saturated heterocycles. The van der Waals surface area contributed by atoms with Crippen LogP contribution in [0.4, 0.5) is 10.5 Å². The minimum atomic E-state index is -1.00. The summed E-state index contributed by atoms with van der Waals surface area (Å²) in [5.74, 6) is 0. The summed E-state index contributed by atoms with van der Waals surface area (Å²) >= 11 is 0. The third kappa shape index (κ3) is 3.33. The third-order valence-electron chi connectivity index (χ3n) is 4.58. The van der Waals surface area contributed by atoms with E-state index in [0.29, 0.717) is 13.2 Å². The molecule has 3 rings (SSSR count). The van der Waals surface area contributed by atoms with Crippen molar-refractivity contribution < 1.29 is 13.7 Å². The Bertz CT molecular complexity index is 569. The molecule has 0 bridgehead atoms. The molecule has 1 aromatic carbocycles. The monoisotopic (exact) mass is 322 g/mol. The molecule has 0 unspecified atom stereocenters. The maximum atomic E-state index is 12.5. The molecule has 1 aliphatic heterocycles. The van der Waals surface area contributed by atoms with Crippen LogP contribution in [0, 0.1) is 5.41 Å². The molecule has 5 nitrogen and oxygen atoms in total. The van der Waals surface area contributed by atoms with Crippen molar-refractivity contribution in [1.29, 1.82) is 0 Å². The summed E-state index contributed by atoms with van der Waals surface area (Å²) in [5, 5.41) is 2.92. The number of amides is 2. The standard InChI is InChI=1S/C16H22N2O3S/c1-22(20)14-5-3-13(4-6-14)17-15(19)18-9-10-21-12-16(11-18)7-2-8-16/h3-6H,2,7-12H2,1H3,(H,17,19)/t22-/m0/s1. The van der Waals surface area contributed by atoms with Gasteiger partial charge in [0.2, 0.25) is 0 Å². The third-order valence-corrected chi connectivity index (χ3v) is 5.52. The van der Waals surface area contributed by atoms with Crippen molar-refractivity contribution in [2.75, 3.05) is 37.9 Å². The molecule has 22 heavy (non-hydrogen) atoms. The summed E-state index contributed by atoms with van der Waals surface area (Å²) in [5.41, 5.74) is 0.906. The van der Waals surface area contributed by atoms with Crippen LogP contribution in [0.1, 0.15) is 19.3 Å². The molecule has 1 N–H and O–H groups in total. The molecule has 2 amide bonds. The number of hydrogen-bond donors (Lipinski definition) is 1. The Labute approximate surface area is 133 Å². The summed E-state index contributed by atoms with van der Waals surface area (Å²) in [6.45, 7) is 2.78. The molecule has 1 aromatic rings. The van der Waals surface area contributed by atoms with Gasteiger partial charge in [0.05, 0.1) is 13.2 Å². The van der Waals surface area contributed by atoms with Gasteiger partial charge in [0.1, 0.15) is 0 Å². The fraction of sp³-hybridized carbons (Fsp3) is 0.562. The molecule has 1 aliphatic carbocycles. The maximum absolute atomic E-state index is 12.5. The normalized spacial score (nSPS) is 21.8. The van der Waals surface area contributed by atoms with E-state index < -0.39 is 10.8 Å². The molecule has 6 heteroatoms. The zero-order valence-electron chi connectivity index (χ0n) is 12.8. The van der Waals surface area contributed by atoms with Crippen LogP contribution in [0.2, 0.25) is 0 Å². The van der Waals surface area contributed by atoms with Gasteiger partial charge in [-0.25, -0.2) is 4.79 Å². The van der Waals surface area contributed by atoms with E-state index in [-0.39, 0.29) is 11.4 Å². The van der Waals surface area contributed by atoms with Crippen LogP contribution in [0.3, 0.4) is 0 Å². The second-order valence-electron chi connectivity index (χ2n) is 6.24. The quantitative estimate of drug-likeness (QED) is 0.910. The minimum Gasteiger partial charge on any atom is -0.379 e. The van der Waals surface area contributed by atoms with Gasteiger partial charge >= 0.3 is 6.03 Å². The lowest BCUT2D eigenvalue weighted by atomic mass is 9.69. The summed E-state index contributed by atoms with van der Waals surface area (Å²) in [6, 6.07) is 7.07. The Morgan fingerprint density at radius 1 is 1.32 bits per heavy atom. The number of anilines is 1. The van der Waals surface area contributed by atoms with E-state index in [2.05, 4.69) is 5.32 Å². The minimum absolute atomic E-state index is 0.0813. The van der Waals surface area contributed by atoms with E-state index >= 15 is 0 Å². The lowest BCUT2D eigenvalue weighted by Crippen LogP contribution is -2.46. The zero-order chi connectivity index (χ0) is 15.6. The average molecular weight is 322 g/mol. The number of benzene rings is 1. The van der Waals surface area contributed by atoms with Gasteiger partial charge in [-0.3, -0.25) is 4.21 Å². The number of rotatable bonds is 2. The molecule has 1 heterocycles. The van der Waals surface area contributed by atoms with E-state index in [0.717, 1.165) is 36.6 Å². The first-order valence-corrected chi connectivity index (χ1v) is 9.21. The highest BCUT2D eigenvalue weighted by atomic mass is 32.2. The number of carbonyl (C=O) groups excluding carboxylic acids is 1. The lowest BCUT2D eigenvalue weighted by molar-refractivity contribution is 0.0130. The van der Waals surface area contributed by atoms with Gasteiger partial charge in [-0.05, 0) is 37.1 Å². The van der Waals surface area contributed by atoms with Gasteiger partial charge in [0.15, 0.2) is 0 Å². The number of ether oxygens (including phenoxy) is 1. The van der Waals surface area contributed by atoms with Crippen molar-refractivity contribution in [3.8, 4) is 0 Å². The van der Waals surface area contributed by atoms with Crippen LogP contribution in [-0.2, 0) is 15.5 Å². The first kappa shape index (κ1) is 15.5. The van der Waals surface area contributed by atoms with E-state index in [1.54, 1.807) is 30.5 Å². The van der Waals surface area contributed by atoms with Gasteiger partial charge in [0, 0.05) is 46.1 Å². The van der Waals surface area contributed by atoms with Crippen molar-refractivity contribution in [3.63, 3.8) is 0 Å². The summed E-state index contributed by atoms with van der Waals surface area (Å²) in [7, 11) is -1.00. The predicted octanol–water partition coefficient (Wildman–Crippen LogP) is 2.46. The Kier molecular flexibility index (Phi) is 4.49. The highest BCUT2D eigenvalue weighted by molar-refractivity contribution is 7.84. The number of carbonyl (C=O) groups is 1. The van der Waals surface area contributed by atoms with Crippen molar-refractivity contribution in [2.45, 2.75) is 24.2 Å². The van der Waals surface area contributed by atoms with Crippen LogP contribution in [-0.4, -0.2) is 47.7 Å². The van der Waals surface area contributed by atoms with Gasteiger partial charge in [-0.15, -0.1) is 0 Å². The second kappa shape index (κ2) is 6.38. The summed E-state index contributed by atoms with van der Waals surface area (Å²) in [6.07, 6.45) is 5.17. The fourth-order valence-corrected chi connectivity index (χ4v) is 3.60.